The van der Waals surface area contributed by atoms with Crippen LogP contribution in [0, 0.1) is 17.3 Å². The van der Waals surface area contributed by atoms with Crippen molar-refractivity contribution < 1.29 is 42.6 Å². The Morgan fingerprint density at radius 1 is 0.939 bits per heavy atom. The Morgan fingerprint density at radius 3 is 2.39 bits per heavy atom. The van der Waals surface area contributed by atoms with E-state index in [1.165, 1.54) is 43.9 Å². The van der Waals surface area contributed by atoms with Crippen molar-refractivity contribution in [3.8, 4) is 5.75 Å². The van der Waals surface area contributed by atoms with E-state index in [4.69, 9.17) is 9.84 Å². The van der Waals surface area contributed by atoms with Crippen molar-refractivity contribution in [1.29, 1.82) is 0 Å². The molecule has 1 spiro atoms. The minimum Gasteiger partial charge on any atom is -0.488 e. The number of aliphatic hydroxyl groups is 1. The lowest BCUT2D eigenvalue weighted by atomic mass is 9.57. The van der Waals surface area contributed by atoms with Crippen molar-refractivity contribution in [2.45, 2.75) is 115 Å². The standard InChI is InChI=1S/C49H58F2N8O7/c1-47(2,65)28-66-39-23-36-31(22-37(39)54-43(61)35-8-5-9-40(53-35)48(3,50)51)27-58(56-36)32-12-10-29(11-13-32)26-57-20-17-49(18-21-57)24-30(25-49)16-19-52-34-7-4-6-33-42(34)46(64)59(45(33)63)38-14-15-41(60)55-44(38)62/h4-9,22-23,27,29-30,32,38,52,65H,10-21,24-26,28H2,1-3H3,(H,54,61)(H,55,60,62). The molecule has 2 saturated carbocycles. The number of nitrogens with zero attached hydrogens (tertiary/aromatic N) is 5. The van der Waals surface area contributed by atoms with Gasteiger partial charge in [0, 0.05) is 49.8 Å². The van der Waals surface area contributed by atoms with Gasteiger partial charge in [-0.2, -0.15) is 13.9 Å². The highest BCUT2D eigenvalue weighted by Gasteiger charge is 2.47. The highest BCUT2D eigenvalue weighted by atomic mass is 19.3. The number of rotatable bonds is 14. The first-order valence-electron chi connectivity index (χ1n) is 23.3. The lowest BCUT2D eigenvalue weighted by Crippen LogP contribution is -2.54. The molecule has 5 heterocycles. The molecule has 2 aliphatic carbocycles. The molecule has 4 aromatic rings. The van der Waals surface area contributed by atoms with Gasteiger partial charge in [-0.25, -0.2) is 4.98 Å². The molecule has 4 fully saturated rings. The molecule has 2 aromatic carbocycles. The molecule has 2 saturated heterocycles. The average Bonchev–Trinajstić information content (AvgIpc) is 3.79. The van der Waals surface area contributed by atoms with Crippen LogP contribution in [-0.2, 0) is 15.5 Å². The number of carbonyl (C=O) groups is 5. The highest BCUT2D eigenvalue weighted by Crippen LogP contribution is 2.54. The van der Waals surface area contributed by atoms with E-state index in [1.807, 2.05) is 10.9 Å². The number of likely N-dealkylation sites (tertiary alicyclic amines) is 1. The van der Waals surface area contributed by atoms with Gasteiger partial charge in [0.25, 0.3) is 23.6 Å². The smallest absolute Gasteiger partial charge is 0.287 e. The summed E-state index contributed by atoms with van der Waals surface area (Å²) in [5, 5.41) is 24.5. The van der Waals surface area contributed by atoms with Crippen LogP contribution in [0.3, 0.4) is 0 Å². The number of pyridine rings is 1. The molecule has 3 aliphatic heterocycles. The molecule has 17 heteroatoms. The van der Waals surface area contributed by atoms with E-state index in [-0.39, 0.29) is 36.7 Å². The van der Waals surface area contributed by atoms with Crippen molar-refractivity contribution in [2.75, 3.05) is 43.4 Å². The van der Waals surface area contributed by atoms with E-state index in [0.29, 0.717) is 52.0 Å². The number of piperidine rings is 2. The van der Waals surface area contributed by atoms with E-state index >= 15 is 0 Å². The fraction of sp³-hybridized carbons (Fsp3) is 0.531. The number of benzene rings is 2. The van der Waals surface area contributed by atoms with Gasteiger partial charge in [-0.3, -0.25) is 38.9 Å². The maximum atomic E-state index is 14.0. The van der Waals surface area contributed by atoms with Crippen LogP contribution in [0.25, 0.3) is 10.9 Å². The summed E-state index contributed by atoms with van der Waals surface area (Å²) in [4.78, 5) is 71.7. The van der Waals surface area contributed by atoms with E-state index < -0.39 is 52.8 Å². The Hall–Kier alpha value is -5.81. The fourth-order valence-electron chi connectivity index (χ4n) is 10.7. The molecule has 5 amide bonds. The predicted molar refractivity (Wildman–Crippen MR) is 241 cm³/mol. The molecule has 5 aliphatic rings. The summed E-state index contributed by atoms with van der Waals surface area (Å²) in [5.74, 6) is -4.37. The topological polar surface area (TPSA) is 188 Å². The number of aromatic nitrogens is 3. The number of nitrogens with one attached hydrogen (secondary N) is 3. The fourth-order valence-corrected chi connectivity index (χ4v) is 10.7. The first-order chi connectivity index (χ1) is 31.4. The van der Waals surface area contributed by atoms with Gasteiger partial charge >= 0.3 is 0 Å². The van der Waals surface area contributed by atoms with Gasteiger partial charge in [-0.05, 0) is 139 Å². The number of hydrogen-bond donors (Lipinski definition) is 4. The van der Waals surface area contributed by atoms with Gasteiger partial charge in [-0.15, -0.1) is 0 Å². The number of carbonyl (C=O) groups excluding carboxylic acids is 5. The SMILES string of the molecule is CC(C)(O)COc1cc2nn(C3CCC(CN4CCC5(CC4)CC(CCNc4cccc6c4C(=O)N(C4CCC(=O)NC4=O)C6=O)C5)CC3)cc2cc1NC(=O)c1cccc(C(C)(F)F)n1. The highest BCUT2D eigenvalue weighted by molar-refractivity contribution is 6.25. The Kier molecular flexibility index (Phi) is 12.2. The third kappa shape index (κ3) is 9.55. The number of halogens is 2. The zero-order chi connectivity index (χ0) is 46.5. The molecular formula is C49H58F2N8O7. The molecule has 350 valence electrons. The maximum Gasteiger partial charge on any atom is 0.287 e. The van der Waals surface area contributed by atoms with Gasteiger partial charge in [-0.1, -0.05) is 12.1 Å². The lowest BCUT2D eigenvalue weighted by molar-refractivity contribution is -0.136. The maximum absolute atomic E-state index is 14.0. The Balaban J connectivity index is 0.736. The number of alkyl halides is 2. The van der Waals surface area contributed by atoms with Gasteiger partial charge in [0.15, 0.2) is 0 Å². The minimum atomic E-state index is -3.21. The third-order valence-corrected chi connectivity index (χ3v) is 14.3. The summed E-state index contributed by atoms with van der Waals surface area (Å²) >= 11 is 0. The molecule has 9 rings (SSSR count). The number of fused-ring (bicyclic) bond motifs is 2. The summed E-state index contributed by atoms with van der Waals surface area (Å²) in [6.07, 6.45) is 12.1. The largest absolute Gasteiger partial charge is 0.488 e. The number of hydrogen-bond acceptors (Lipinski definition) is 11. The second-order valence-corrected chi connectivity index (χ2v) is 20.0. The monoisotopic (exact) mass is 908 g/mol. The van der Waals surface area contributed by atoms with Crippen molar-refractivity contribution >= 4 is 51.8 Å². The van der Waals surface area contributed by atoms with E-state index in [2.05, 4.69) is 25.8 Å². The third-order valence-electron chi connectivity index (χ3n) is 14.3. The molecule has 1 atom stereocenters. The first-order valence-corrected chi connectivity index (χ1v) is 23.3. The second kappa shape index (κ2) is 17.8. The van der Waals surface area contributed by atoms with Crippen LogP contribution in [-0.4, -0.2) is 104 Å². The molecule has 4 N–H and O–H groups in total. The Bertz CT molecular complexity index is 2540. The molecule has 2 aromatic heterocycles. The average molecular weight is 909 g/mol. The van der Waals surface area contributed by atoms with E-state index in [0.717, 1.165) is 68.9 Å². The molecule has 0 bridgehead atoms. The summed E-state index contributed by atoms with van der Waals surface area (Å²) in [5.41, 5.74) is 0.761. The van der Waals surface area contributed by atoms with Crippen LogP contribution in [0.5, 0.6) is 5.75 Å². The summed E-state index contributed by atoms with van der Waals surface area (Å²) in [6, 6.07) is 11.8. The van der Waals surface area contributed by atoms with E-state index in [9.17, 15) is 37.9 Å². The van der Waals surface area contributed by atoms with Crippen LogP contribution in [0.1, 0.15) is 134 Å². The number of anilines is 2. The predicted octanol–water partition coefficient (Wildman–Crippen LogP) is 7.07. The Labute approximate surface area is 382 Å². The molecular weight excluding hydrogens is 851 g/mol. The van der Waals surface area contributed by atoms with Crippen molar-refractivity contribution in [3.05, 3.63) is 77.2 Å². The molecule has 1 unspecified atom stereocenters. The van der Waals surface area contributed by atoms with Crippen LogP contribution in [0.2, 0.25) is 0 Å². The molecule has 0 radical (unpaired) electrons. The van der Waals surface area contributed by atoms with Gasteiger partial charge in [0.1, 0.15) is 29.8 Å². The number of imide groups is 2. The van der Waals surface area contributed by atoms with Gasteiger partial charge in [0.2, 0.25) is 11.8 Å². The molecule has 66 heavy (non-hydrogen) atoms. The van der Waals surface area contributed by atoms with Crippen LogP contribution >= 0.6 is 0 Å². The van der Waals surface area contributed by atoms with Gasteiger partial charge in [0.05, 0.1) is 34.0 Å². The number of amides is 5. The quantitative estimate of drug-likeness (QED) is 0.0948. The lowest BCUT2D eigenvalue weighted by Gasteiger charge is -2.53. The minimum absolute atomic E-state index is 0.0522. The van der Waals surface area contributed by atoms with Crippen LogP contribution in [0.4, 0.5) is 20.2 Å². The summed E-state index contributed by atoms with van der Waals surface area (Å²) in [6.45, 7) is 7.89. The van der Waals surface area contributed by atoms with Crippen molar-refractivity contribution in [3.63, 3.8) is 0 Å². The number of ether oxygens (including phenoxy) is 1. The summed E-state index contributed by atoms with van der Waals surface area (Å²) < 4.78 is 36.0. The summed E-state index contributed by atoms with van der Waals surface area (Å²) in [7, 11) is 0. The van der Waals surface area contributed by atoms with Crippen LogP contribution < -0.4 is 20.7 Å². The molecule has 15 nitrogen and oxygen atoms in total. The normalized spacial score (nSPS) is 22.6. The zero-order valence-corrected chi connectivity index (χ0v) is 37.7. The van der Waals surface area contributed by atoms with Gasteiger partial charge < -0.3 is 25.4 Å². The first kappa shape index (κ1) is 45.4. The van der Waals surface area contributed by atoms with Crippen LogP contribution in [0.15, 0.2) is 54.7 Å². The van der Waals surface area contributed by atoms with Crippen molar-refractivity contribution in [2.24, 2.45) is 17.3 Å². The Morgan fingerprint density at radius 2 is 1.68 bits per heavy atom. The second-order valence-electron chi connectivity index (χ2n) is 20.0. The van der Waals surface area contributed by atoms with Crippen molar-refractivity contribution in [1.82, 2.24) is 29.9 Å². The zero-order valence-electron chi connectivity index (χ0n) is 37.7. The van der Waals surface area contributed by atoms with E-state index in [1.54, 1.807) is 44.2 Å².